The first-order valence-electron chi connectivity index (χ1n) is 11.9. The fourth-order valence-electron chi connectivity index (χ4n) is 3.30. The van der Waals surface area contributed by atoms with Crippen molar-refractivity contribution >= 4 is 11.9 Å². The van der Waals surface area contributed by atoms with E-state index in [9.17, 15) is 14.4 Å². The Balaban J connectivity index is 0.000000269. The van der Waals surface area contributed by atoms with E-state index in [1.165, 1.54) is 16.3 Å². The Labute approximate surface area is 212 Å². The minimum Gasteiger partial charge on any atom is -0.466 e. The quantitative estimate of drug-likeness (QED) is 0.462. The van der Waals surface area contributed by atoms with Crippen molar-refractivity contribution in [3.8, 4) is 0 Å². The SMILES string of the molecule is CCOC(=O)Cc1cccc(Cn2nc(C)ccc2=O)c1.Cc1ccc(CNC(=O)CN(C)C)cc1. The average Bonchev–Trinajstić information content (AvgIpc) is 2.81. The summed E-state index contributed by atoms with van der Waals surface area (Å²) in [4.78, 5) is 36.4. The molecule has 0 aliphatic heterocycles. The molecule has 8 nitrogen and oxygen atoms in total. The van der Waals surface area contributed by atoms with E-state index in [-0.39, 0.29) is 23.9 Å². The summed E-state index contributed by atoms with van der Waals surface area (Å²) in [6.07, 6.45) is 0.234. The lowest BCUT2D eigenvalue weighted by Gasteiger charge is -2.10. The largest absolute Gasteiger partial charge is 0.466 e. The Morgan fingerprint density at radius 3 is 2.33 bits per heavy atom. The maximum Gasteiger partial charge on any atom is 0.310 e. The van der Waals surface area contributed by atoms with Gasteiger partial charge in [-0.2, -0.15) is 5.10 Å². The van der Waals surface area contributed by atoms with Gasteiger partial charge in [0.25, 0.3) is 5.56 Å². The van der Waals surface area contributed by atoms with Crippen molar-refractivity contribution in [1.29, 1.82) is 0 Å². The van der Waals surface area contributed by atoms with Crippen LogP contribution < -0.4 is 10.9 Å². The predicted octanol–water partition coefficient (Wildman–Crippen LogP) is 2.88. The molecule has 1 heterocycles. The molecule has 8 heteroatoms. The number of hydrogen-bond donors (Lipinski definition) is 1. The second kappa shape index (κ2) is 14.6. The summed E-state index contributed by atoms with van der Waals surface area (Å²) in [5.41, 5.74) is 4.81. The first-order valence-corrected chi connectivity index (χ1v) is 11.9. The molecule has 3 aromatic rings. The van der Waals surface area contributed by atoms with Crippen LogP contribution in [0.1, 0.15) is 34.9 Å². The minimum atomic E-state index is -0.250. The molecular weight excluding hydrogens is 456 g/mol. The highest BCUT2D eigenvalue weighted by atomic mass is 16.5. The molecule has 0 radical (unpaired) electrons. The van der Waals surface area contributed by atoms with Gasteiger partial charge in [-0.3, -0.25) is 14.4 Å². The minimum absolute atomic E-state index is 0.0561. The lowest BCUT2D eigenvalue weighted by atomic mass is 10.1. The lowest BCUT2D eigenvalue weighted by Crippen LogP contribution is -2.32. The number of benzene rings is 2. The van der Waals surface area contributed by atoms with Gasteiger partial charge in [-0.1, -0.05) is 54.1 Å². The zero-order valence-electron chi connectivity index (χ0n) is 21.8. The van der Waals surface area contributed by atoms with Gasteiger partial charge >= 0.3 is 5.97 Å². The molecule has 0 aliphatic carbocycles. The Morgan fingerprint density at radius 2 is 1.67 bits per heavy atom. The van der Waals surface area contributed by atoms with Gasteiger partial charge in [-0.15, -0.1) is 0 Å². The molecule has 0 unspecified atom stereocenters. The van der Waals surface area contributed by atoms with Crippen LogP contribution >= 0.6 is 0 Å². The molecule has 1 aromatic heterocycles. The molecular formula is C28H36N4O4. The van der Waals surface area contributed by atoms with E-state index in [1.54, 1.807) is 13.0 Å². The van der Waals surface area contributed by atoms with Gasteiger partial charge in [0.15, 0.2) is 0 Å². The zero-order valence-corrected chi connectivity index (χ0v) is 21.8. The molecule has 192 valence electrons. The van der Waals surface area contributed by atoms with Gasteiger partial charge in [-0.05, 0) is 57.6 Å². The Morgan fingerprint density at radius 1 is 0.972 bits per heavy atom. The van der Waals surface area contributed by atoms with Gasteiger partial charge in [0.2, 0.25) is 5.91 Å². The Bertz CT molecular complexity index is 1190. The number of carbonyl (C=O) groups excluding carboxylic acids is 2. The fourth-order valence-corrected chi connectivity index (χ4v) is 3.30. The van der Waals surface area contributed by atoms with Gasteiger partial charge in [-0.25, -0.2) is 4.68 Å². The van der Waals surface area contributed by atoms with Crippen molar-refractivity contribution in [3.63, 3.8) is 0 Å². The van der Waals surface area contributed by atoms with Crippen LogP contribution in [0.4, 0.5) is 0 Å². The second-order valence-corrected chi connectivity index (χ2v) is 8.77. The number of esters is 1. The monoisotopic (exact) mass is 492 g/mol. The van der Waals surface area contributed by atoms with E-state index in [0.29, 0.717) is 26.2 Å². The van der Waals surface area contributed by atoms with Gasteiger partial charge in [0.05, 0.1) is 31.8 Å². The maximum atomic E-state index is 11.7. The number of ether oxygens (including phenoxy) is 1. The second-order valence-electron chi connectivity index (χ2n) is 8.77. The highest BCUT2D eigenvalue weighted by Gasteiger charge is 2.06. The van der Waals surface area contributed by atoms with Crippen molar-refractivity contribution in [2.24, 2.45) is 0 Å². The highest BCUT2D eigenvalue weighted by molar-refractivity contribution is 5.77. The van der Waals surface area contributed by atoms with Gasteiger partial charge < -0.3 is 15.0 Å². The van der Waals surface area contributed by atoms with Crippen molar-refractivity contribution in [2.45, 2.75) is 40.3 Å². The number of aromatic nitrogens is 2. The van der Waals surface area contributed by atoms with E-state index in [4.69, 9.17) is 4.74 Å². The molecule has 1 N–H and O–H groups in total. The zero-order chi connectivity index (χ0) is 26.5. The van der Waals surface area contributed by atoms with Crippen molar-refractivity contribution in [1.82, 2.24) is 20.0 Å². The molecule has 0 spiro atoms. The van der Waals surface area contributed by atoms with Crippen LogP contribution in [0.3, 0.4) is 0 Å². The van der Waals surface area contributed by atoms with Crippen molar-refractivity contribution in [2.75, 3.05) is 27.2 Å². The van der Waals surface area contributed by atoms with Gasteiger partial charge in [0.1, 0.15) is 0 Å². The fraction of sp³-hybridized carbons (Fsp3) is 0.357. The number of nitrogens with zero attached hydrogens (tertiary/aromatic N) is 3. The third-order valence-electron chi connectivity index (χ3n) is 5.05. The van der Waals surface area contributed by atoms with E-state index in [0.717, 1.165) is 22.4 Å². The normalized spacial score (nSPS) is 10.4. The molecule has 0 saturated carbocycles. The first kappa shape index (κ1) is 28.5. The molecule has 0 atom stereocenters. The standard InChI is InChI=1S/C16H18N2O3.C12H18N2O/c1-3-21-16(20)10-13-5-4-6-14(9-13)11-18-15(19)8-7-12(2)17-18;1-10-4-6-11(7-5-10)8-13-12(15)9-14(2)3/h4-9H,3,10-11H2,1-2H3;4-7H,8-9H2,1-3H3,(H,13,15). The molecule has 1 amide bonds. The van der Waals surface area contributed by atoms with Crippen LogP contribution in [-0.2, 0) is 33.8 Å². The topological polar surface area (TPSA) is 93.5 Å². The summed E-state index contributed by atoms with van der Waals surface area (Å²) in [5.74, 6) is -0.193. The number of nitrogens with one attached hydrogen (secondary N) is 1. The smallest absolute Gasteiger partial charge is 0.310 e. The summed E-state index contributed by atoms with van der Waals surface area (Å²) >= 11 is 0. The summed E-state index contributed by atoms with van der Waals surface area (Å²) in [6.45, 7) is 7.47. The first-order chi connectivity index (χ1) is 17.2. The Hall–Kier alpha value is -3.78. The molecule has 36 heavy (non-hydrogen) atoms. The number of likely N-dealkylation sites (N-methyl/N-ethyl adjacent to an activating group) is 1. The van der Waals surface area contributed by atoms with Crippen LogP contribution in [0.25, 0.3) is 0 Å². The summed E-state index contributed by atoms with van der Waals surface area (Å²) in [5, 5.41) is 7.07. The molecule has 0 saturated heterocycles. The lowest BCUT2D eigenvalue weighted by molar-refractivity contribution is -0.142. The van der Waals surface area contributed by atoms with E-state index in [1.807, 2.05) is 74.4 Å². The van der Waals surface area contributed by atoms with Crippen LogP contribution in [0.5, 0.6) is 0 Å². The third kappa shape index (κ3) is 10.7. The number of carbonyl (C=O) groups is 2. The molecule has 3 rings (SSSR count). The van der Waals surface area contributed by atoms with E-state index in [2.05, 4.69) is 17.3 Å². The van der Waals surface area contributed by atoms with Crippen molar-refractivity contribution in [3.05, 3.63) is 99.0 Å². The number of amides is 1. The molecule has 0 aliphatic rings. The molecule has 0 fully saturated rings. The number of rotatable bonds is 9. The number of hydrogen-bond acceptors (Lipinski definition) is 6. The predicted molar refractivity (Wildman–Crippen MR) is 141 cm³/mol. The summed E-state index contributed by atoms with van der Waals surface area (Å²) in [7, 11) is 3.76. The van der Waals surface area contributed by atoms with Gasteiger partial charge in [0, 0.05) is 12.6 Å². The average molecular weight is 493 g/mol. The summed E-state index contributed by atoms with van der Waals surface area (Å²) in [6, 6.07) is 18.9. The van der Waals surface area contributed by atoms with Crippen LogP contribution in [0, 0.1) is 13.8 Å². The third-order valence-corrected chi connectivity index (χ3v) is 5.05. The highest BCUT2D eigenvalue weighted by Crippen LogP contribution is 2.08. The summed E-state index contributed by atoms with van der Waals surface area (Å²) < 4.78 is 6.35. The van der Waals surface area contributed by atoms with Crippen LogP contribution in [0.2, 0.25) is 0 Å². The number of aryl methyl sites for hydroxylation is 2. The molecule has 2 aromatic carbocycles. The van der Waals surface area contributed by atoms with Crippen LogP contribution in [0.15, 0.2) is 65.5 Å². The van der Waals surface area contributed by atoms with Crippen LogP contribution in [-0.4, -0.2) is 53.8 Å². The van der Waals surface area contributed by atoms with E-state index < -0.39 is 0 Å². The Kier molecular flexibility index (Phi) is 11.5. The molecule has 0 bridgehead atoms. The maximum absolute atomic E-state index is 11.7. The van der Waals surface area contributed by atoms with Crippen molar-refractivity contribution < 1.29 is 14.3 Å². The van der Waals surface area contributed by atoms with E-state index >= 15 is 0 Å².